The smallest absolute Gasteiger partial charge is 0.326 e. The topological polar surface area (TPSA) is 60.9 Å². The van der Waals surface area contributed by atoms with Crippen LogP contribution in [0.25, 0.3) is 0 Å². The second-order valence-corrected chi connectivity index (χ2v) is 5.40. The number of carbonyl (C=O) groups is 2. The van der Waals surface area contributed by atoms with Crippen LogP contribution in [0.15, 0.2) is 24.3 Å². The third kappa shape index (κ3) is 2.24. The van der Waals surface area contributed by atoms with E-state index in [1.54, 1.807) is 4.90 Å². The number of rotatable bonds is 3. The molecule has 2 aliphatic rings. The summed E-state index contributed by atoms with van der Waals surface area (Å²) >= 11 is 0. The van der Waals surface area contributed by atoms with Gasteiger partial charge in [0.25, 0.3) is 0 Å². The summed E-state index contributed by atoms with van der Waals surface area (Å²) in [4.78, 5) is 27.3. The molecule has 1 aromatic rings. The molecule has 1 aromatic carbocycles. The highest BCUT2D eigenvalue weighted by Crippen LogP contribution is 2.32. The van der Waals surface area contributed by atoms with E-state index in [1.807, 2.05) is 29.2 Å². The lowest BCUT2D eigenvalue weighted by atomic mass is 10.1. The molecule has 5 heteroatoms. The van der Waals surface area contributed by atoms with E-state index < -0.39 is 12.0 Å². The predicted molar refractivity (Wildman–Crippen MR) is 74.7 cm³/mol. The minimum Gasteiger partial charge on any atom is -0.480 e. The van der Waals surface area contributed by atoms with E-state index in [1.165, 1.54) is 0 Å². The molecule has 2 aliphatic heterocycles. The maximum absolute atomic E-state index is 12.3. The fourth-order valence-electron chi connectivity index (χ4n) is 3.08. The molecular weight excluding hydrogens is 256 g/mol. The Kier molecular flexibility index (Phi) is 3.34. The minimum atomic E-state index is -0.865. The zero-order valence-corrected chi connectivity index (χ0v) is 11.3. The van der Waals surface area contributed by atoms with Gasteiger partial charge in [-0.25, -0.2) is 4.79 Å². The molecule has 5 nitrogen and oxygen atoms in total. The van der Waals surface area contributed by atoms with Gasteiger partial charge >= 0.3 is 5.97 Å². The number of para-hydroxylation sites is 1. The summed E-state index contributed by atoms with van der Waals surface area (Å²) in [5.41, 5.74) is 1.89. The number of hydrogen-bond acceptors (Lipinski definition) is 3. The number of carboxylic acid groups (broad SMARTS) is 1. The Hall–Kier alpha value is -2.04. The van der Waals surface area contributed by atoms with Crippen LogP contribution in [0.5, 0.6) is 0 Å². The molecule has 2 heterocycles. The number of fused-ring (bicyclic) bond motifs is 1. The Morgan fingerprint density at radius 3 is 2.60 bits per heavy atom. The van der Waals surface area contributed by atoms with Crippen molar-refractivity contribution in [2.24, 2.45) is 0 Å². The Labute approximate surface area is 117 Å². The van der Waals surface area contributed by atoms with Crippen molar-refractivity contribution in [1.82, 2.24) is 4.90 Å². The van der Waals surface area contributed by atoms with E-state index in [9.17, 15) is 14.7 Å². The van der Waals surface area contributed by atoms with Crippen LogP contribution in [0.3, 0.4) is 0 Å². The molecule has 0 aliphatic carbocycles. The molecule has 1 fully saturated rings. The number of benzene rings is 1. The first-order valence-electron chi connectivity index (χ1n) is 7.02. The number of likely N-dealkylation sites (tertiary alicyclic amines) is 1. The predicted octanol–water partition coefficient (Wildman–Crippen LogP) is 1.12. The Morgan fingerprint density at radius 1 is 1.20 bits per heavy atom. The summed E-state index contributed by atoms with van der Waals surface area (Å²) in [7, 11) is 0. The van der Waals surface area contributed by atoms with E-state index in [4.69, 9.17) is 0 Å². The Bertz CT molecular complexity index is 538. The highest BCUT2D eigenvalue weighted by molar-refractivity contribution is 5.88. The van der Waals surface area contributed by atoms with E-state index in [0.717, 1.165) is 37.2 Å². The van der Waals surface area contributed by atoms with Crippen LogP contribution in [0.1, 0.15) is 18.4 Å². The van der Waals surface area contributed by atoms with Crippen LogP contribution in [-0.2, 0) is 16.0 Å². The van der Waals surface area contributed by atoms with Crippen LogP contribution in [0.2, 0.25) is 0 Å². The van der Waals surface area contributed by atoms with Crippen molar-refractivity contribution in [1.29, 1.82) is 0 Å². The van der Waals surface area contributed by atoms with Gasteiger partial charge in [0.15, 0.2) is 0 Å². The van der Waals surface area contributed by atoms with Gasteiger partial charge in [0.2, 0.25) is 5.91 Å². The lowest BCUT2D eigenvalue weighted by molar-refractivity contribution is -0.138. The van der Waals surface area contributed by atoms with Gasteiger partial charge in [-0.05, 0) is 24.5 Å². The molecule has 0 radical (unpaired) electrons. The molecule has 1 amide bonds. The van der Waals surface area contributed by atoms with Gasteiger partial charge in [-0.1, -0.05) is 18.2 Å². The van der Waals surface area contributed by atoms with Crippen molar-refractivity contribution in [2.75, 3.05) is 24.5 Å². The summed E-state index contributed by atoms with van der Waals surface area (Å²) in [5.74, 6) is -0.833. The largest absolute Gasteiger partial charge is 0.480 e. The van der Waals surface area contributed by atoms with Crippen LogP contribution in [-0.4, -0.2) is 47.6 Å². The molecule has 3 rings (SSSR count). The molecule has 0 saturated carbocycles. The maximum Gasteiger partial charge on any atom is 0.326 e. The summed E-state index contributed by atoms with van der Waals surface area (Å²) in [5, 5.41) is 9.37. The molecule has 0 aromatic heterocycles. The average molecular weight is 274 g/mol. The van der Waals surface area contributed by atoms with Crippen molar-refractivity contribution < 1.29 is 14.7 Å². The second-order valence-electron chi connectivity index (χ2n) is 5.40. The first kappa shape index (κ1) is 13.0. The first-order valence-corrected chi connectivity index (χ1v) is 7.02. The minimum absolute atomic E-state index is 0.0328. The molecule has 106 valence electrons. The Balaban J connectivity index is 1.81. The monoisotopic (exact) mass is 274 g/mol. The van der Waals surface area contributed by atoms with Crippen LogP contribution in [0.4, 0.5) is 5.69 Å². The number of nitrogens with zero attached hydrogens (tertiary/aromatic N) is 2. The van der Waals surface area contributed by atoms with Crippen LogP contribution >= 0.6 is 0 Å². The summed E-state index contributed by atoms with van der Waals surface area (Å²) < 4.78 is 0. The van der Waals surface area contributed by atoms with Gasteiger partial charge in [-0.3, -0.25) is 4.79 Å². The number of aliphatic carboxylic acids is 1. The highest BCUT2D eigenvalue weighted by atomic mass is 16.4. The van der Waals surface area contributed by atoms with Gasteiger partial charge < -0.3 is 14.9 Å². The van der Waals surface area contributed by atoms with Gasteiger partial charge in [0, 0.05) is 25.2 Å². The fraction of sp³-hybridized carbons (Fsp3) is 0.467. The normalized spacial score (nSPS) is 21.1. The van der Waals surface area contributed by atoms with E-state index in [2.05, 4.69) is 0 Å². The molecule has 1 saturated heterocycles. The first-order chi connectivity index (χ1) is 9.66. The summed E-state index contributed by atoms with van der Waals surface area (Å²) in [6.07, 6.45) is 2.56. The molecule has 0 spiro atoms. The molecular formula is C15H18N2O3. The number of amides is 1. The van der Waals surface area contributed by atoms with Crippen molar-refractivity contribution in [3.05, 3.63) is 29.8 Å². The van der Waals surface area contributed by atoms with E-state index in [0.29, 0.717) is 6.42 Å². The van der Waals surface area contributed by atoms with Crippen molar-refractivity contribution >= 4 is 17.6 Å². The zero-order valence-electron chi connectivity index (χ0n) is 11.3. The average Bonchev–Trinajstić information content (AvgIpc) is 3.06. The third-order valence-electron chi connectivity index (χ3n) is 4.14. The lowest BCUT2D eigenvalue weighted by Gasteiger charge is -2.26. The van der Waals surface area contributed by atoms with Crippen molar-refractivity contribution in [2.45, 2.75) is 25.3 Å². The lowest BCUT2D eigenvalue weighted by Crippen LogP contribution is -2.45. The van der Waals surface area contributed by atoms with E-state index >= 15 is 0 Å². The highest BCUT2D eigenvalue weighted by Gasteiger charge is 2.36. The van der Waals surface area contributed by atoms with Gasteiger partial charge in [-0.15, -0.1) is 0 Å². The van der Waals surface area contributed by atoms with Gasteiger partial charge in [0.1, 0.15) is 6.04 Å². The quantitative estimate of drug-likeness (QED) is 0.897. The van der Waals surface area contributed by atoms with Crippen LogP contribution in [0, 0.1) is 0 Å². The second kappa shape index (κ2) is 5.15. The molecule has 1 atom stereocenters. The number of hydrogen-bond donors (Lipinski definition) is 1. The van der Waals surface area contributed by atoms with Gasteiger partial charge in [0.05, 0.1) is 6.54 Å². The Morgan fingerprint density at radius 2 is 1.90 bits per heavy atom. The van der Waals surface area contributed by atoms with Crippen LogP contribution < -0.4 is 4.90 Å². The summed E-state index contributed by atoms with van der Waals surface area (Å²) in [6, 6.07) is 7.00. The number of carboxylic acids is 1. The summed E-state index contributed by atoms with van der Waals surface area (Å²) in [6.45, 7) is 1.76. The molecule has 1 N–H and O–H groups in total. The van der Waals surface area contributed by atoms with Crippen molar-refractivity contribution in [3.63, 3.8) is 0 Å². The molecule has 20 heavy (non-hydrogen) atoms. The maximum atomic E-state index is 12.3. The fourth-order valence-corrected chi connectivity index (χ4v) is 3.08. The van der Waals surface area contributed by atoms with Crippen molar-refractivity contribution in [3.8, 4) is 0 Å². The number of carbonyl (C=O) groups excluding carboxylic acids is 1. The molecule has 1 unspecified atom stereocenters. The molecule has 0 bridgehead atoms. The van der Waals surface area contributed by atoms with Gasteiger partial charge in [-0.2, -0.15) is 0 Å². The van der Waals surface area contributed by atoms with E-state index in [-0.39, 0.29) is 12.5 Å². The third-order valence-corrected chi connectivity index (χ3v) is 4.14. The standard InChI is InChI=1S/C15H18N2O3/c18-14(16-7-3-4-8-16)10-17-12-6-2-1-5-11(12)9-13(17)15(19)20/h1-2,5-6,13H,3-4,7-10H2,(H,19,20). The number of anilines is 1. The zero-order chi connectivity index (χ0) is 14.1. The SMILES string of the molecule is O=C(O)C1Cc2ccccc2N1CC(=O)N1CCCC1.